The number of fused-ring (bicyclic) bond motifs is 3. The molecule has 7 nitrogen and oxygen atoms in total. The van der Waals surface area contributed by atoms with Crippen molar-refractivity contribution in [2.24, 2.45) is 0 Å². The molecule has 1 aliphatic rings. The van der Waals surface area contributed by atoms with Gasteiger partial charge in [0.2, 0.25) is 10.0 Å². The lowest BCUT2D eigenvalue weighted by Crippen LogP contribution is -2.44. The molecule has 0 saturated carbocycles. The van der Waals surface area contributed by atoms with Gasteiger partial charge in [-0.15, -0.1) is 0 Å². The Hall–Kier alpha value is -2.19. The molecule has 4 rings (SSSR count). The van der Waals surface area contributed by atoms with E-state index in [1.807, 2.05) is 24.3 Å². The first-order chi connectivity index (χ1) is 11.5. The van der Waals surface area contributed by atoms with Gasteiger partial charge in [-0.2, -0.15) is 0 Å². The van der Waals surface area contributed by atoms with Crippen molar-refractivity contribution in [1.29, 1.82) is 0 Å². The van der Waals surface area contributed by atoms with Crippen molar-refractivity contribution >= 4 is 37.9 Å². The van der Waals surface area contributed by atoms with Gasteiger partial charge in [0.15, 0.2) is 11.4 Å². The Balaban J connectivity index is 1.63. The normalized spacial score (nSPS) is 17.0. The van der Waals surface area contributed by atoms with E-state index < -0.39 is 10.0 Å². The molecule has 1 aromatic carbocycles. The van der Waals surface area contributed by atoms with Gasteiger partial charge in [-0.05, 0) is 25.0 Å². The minimum atomic E-state index is -3.17. The zero-order valence-electron chi connectivity index (χ0n) is 13.3. The predicted octanol–water partition coefficient (Wildman–Crippen LogP) is 1.89. The largest absolute Gasteiger partial charge is 0.450 e. The fraction of sp³-hybridized carbons (Fsp3) is 0.375. The van der Waals surface area contributed by atoms with Gasteiger partial charge < -0.3 is 9.32 Å². The third-order valence-electron chi connectivity index (χ3n) is 4.31. The van der Waals surface area contributed by atoms with Gasteiger partial charge in [0.25, 0.3) is 0 Å². The van der Waals surface area contributed by atoms with Crippen molar-refractivity contribution in [2.75, 3.05) is 24.2 Å². The van der Waals surface area contributed by atoms with E-state index in [9.17, 15) is 8.42 Å². The monoisotopic (exact) mass is 346 g/mol. The van der Waals surface area contributed by atoms with Gasteiger partial charge >= 0.3 is 0 Å². The maximum atomic E-state index is 11.4. The number of para-hydroxylation sites is 1. The first-order valence-electron chi connectivity index (χ1n) is 7.86. The molecule has 126 valence electrons. The van der Waals surface area contributed by atoms with Crippen LogP contribution in [0, 0.1) is 0 Å². The molecule has 3 heterocycles. The van der Waals surface area contributed by atoms with E-state index in [1.54, 1.807) is 6.33 Å². The van der Waals surface area contributed by atoms with E-state index in [-0.39, 0.29) is 6.04 Å². The summed E-state index contributed by atoms with van der Waals surface area (Å²) < 4.78 is 31.4. The molecule has 0 amide bonds. The SMILES string of the molecule is CS(=O)(=O)NC1CCN(c2ncnc3c2oc2ccccc23)CC1. The molecule has 0 atom stereocenters. The van der Waals surface area contributed by atoms with Crippen LogP contribution in [-0.2, 0) is 10.0 Å². The molecule has 0 aliphatic carbocycles. The lowest BCUT2D eigenvalue weighted by Gasteiger charge is -2.32. The second-order valence-electron chi connectivity index (χ2n) is 6.12. The zero-order chi connectivity index (χ0) is 16.7. The fourth-order valence-electron chi connectivity index (χ4n) is 3.25. The molecule has 0 unspecified atom stereocenters. The van der Waals surface area contributed by atoms with Crippen LogP contribution in [0.3, 0.4) is 0 Å². The van der Waals surface area contributed by atoms with Crippen LogP contribution in [-0.4, -0.2) is 43.8 Å². The van der Waals surface area contributed by atoms with E-state index in [2.05, 4.69) is 19.6 Å². The van der Waals surface area contributed by atoms with Crippen molar-refractivity contribution in [3.63, 3.8) is 0 Å². The summed E-state index contributed by atoms with van der Waals surface area (Å²) in [5, 5.41) is 0.977. The molecule has 2 aromatic heterocycles. The number of piperidine rings is 1. The van der Waals surface area contributed by atoms with E-state index in [0.29, 0.717) is 5.58 Å². The van der Waals surface area contributed by atoms with E-state index in [4.69, 9.17) is 4.42 Å². The van der Waals surface area contributed by atoms with Crippen molar-refractivity contribution in [2.45, 2.75) is 18.9 Å². The summed E-state index contributed by atoms with van der Waals surface area (Å²) in [6.07, 6.45) is 4.22. The number of aromatic nitrogens is 2. The quantitative estimate of drug-likeness (QED) is 0.779. The Morgan fingerprint density at radius 1 is 1.21 bits per heavy atom. The van der Waals surface area contributed by atoms with E-state index in [0.717, 1.165) is 48.2 Å². The molecule has 1 fully saturated rings. The lowest BCUT2D eigenvalue weighted by atomic mass is 10.1. The number of nitrogens with zero attached hydrogens (tertiary/aromatic N) is 3. The maximum Gasteiger partial charge on any atom is 0.208 e. The fourth-order valence-corrected chi connectivity index (χ4v) is 4.09. The van der Waals surface area contributed by atoms with E-state index in [1.165, 1.54) is 6.26 Å². The summed E-state index contributed by atoms with van der Waals surface area (Å²) in [5.74, 6) is 0.772. The van der Waals surface area contributed by atoms with Crippen LogP contribution in [0.4, 0.5) is 5.82 Å². The second-order valence-corrected chi connectivity index (χ2v) is 7.90. The maximum absolute atomic E-state index is 11.4. The minimum absolute atomic E-state index is 0.0238. The highest BCUT2D eigenvalue weighted by Crippen LogP contribution is 2.33. The topological polar surface area (TPSA) is 88.3 Å². The second kappa shape index (κ2) is 5.71. The van der Waals surface area contributed by atoms with Gasteiger partial charge in [0.05, 0.1) is 6.26 Å². The summed E-state index contributed by atoms with van der Waals surface area (Å²) in [7, 11) is -3.17. The third-order valence-corrected chi connectivity index (χ3v) is 5.08. The summed E-state index contributed by atoms with van der Waals surface area (Å²) in [6.45, 7) is 1.44. The highest BCUT2D eigenvalue weighted by molar-refractivity contribution is 7.88. The van der Waals surface area contributed by atoms with Gasteiger partial charge in [0, 0.05) is 24.5 Å². The Kier molecular flexibility index (Phi) is 3.65. The number of nitrogens with one attached hydrogen (secondary N) is 1. The van der Waals surface area contributed by atoms with Crippen LogP contribution >= 0.6 is 0 Å². The highest BCUT2D eigenvalue weighted by atomic mass is 32.2. The summed E-state index contributed by atoms with van der Waals surface area (Å²) in [6, 6.07) is 7.77. The number of hydrogen-bond acceptors (Lipinski definition) is 6. The lowest BCUT2D eigenvalue weighted by molar-refractivity contribution is 0.459. The Bertz CT molecular complexity index is 991. The Morgan fingerprint density at radius 3 is 2.71 bits per heavy atom. The van der Waals surface area contributed by atoms with Crippen molar-refractivity contribution < 1.29 is 12.8 Å². The average molecular weight is 346 g/mol. The summed E-state index contributed by atoms with van der Waals surface area (Å²) >= 11 is 0. The number of anilines is 1. The number of benzene rings is 1. The minimum Gasteiger partial charge on any atom is -0.450 e. The van der Waals surface area contributed by atoms with Crippen LogP contribution in [0.25, 0.3) is 22.1 Å². The zero-order valence-corrected chi connectivity index (χ0v) is 14.1. The number of sulfonamides is 1. The molecule has 24 heavy (non-hydrogen) atoms. The molecule has 0 bridgehead atoms. The van der Waals surface area contributed by atoms with Crippen molar-refractivity contribution in [3.05, 3.63) is 30.6 Å². The van der Waals surface area contributed by atoms with Gasteiger partial charge in [-0.3, -0.25) is 0 Å². The van der Waals surface area contributed by atoms with Crippen LogP contribution in [0.1, 0.15) is 12.8 Å². The Morgan fingerprint density at radius 2 is 1.96 bits per heavy atom. The number of rotatable bonds is 3. The molecule has 0 spiro atoms. The van der Waals surface area contributed by atoms with Gasteiger partial charge in [0.1, 0.15) is 17.4 Å². The highest BCUT2D eigenvalue weighted by Gasteiger charge is 2.25. The number of furan rings is 1. The van der Waals surface area contributed by atoms with Gasteiger partial charge in [-0.25, -0.2) is 23.1 Å². The third kappa shape index (κ3) is 2.83. The first kappa shape index (κ1) is 15.3. The molecule has 0 radical (unpaired) electrons. The number of hydrogen-bond donors (Lipinski definition) is 1. The Labute approximate surface area is 139 Å². The smallest absolute Gasteiger partial charge is 0.208 e. The van der Waals surface area contributed by atoms with Crippen LogP contribution in [0.15, 0.2) is 35.0 Å². The molecule has 8 heteroatoms. The van der Waals surface area contributed by atoms with E-state index >= 15 is 0 Å². The molecular weight excluding hydrogens is 328 g/mol. The molecular formula is C16H18N4O3S. The van der Waals surface area contributed by atoms with Crippen LogP contribution in [0.5, 0.6) is 0 Å². The standard InChI is InChI=1S/C16H18N4O3S/c1-24(21,22)19-11-6-8-20(9-7-11)16-15-14(17-10-18-16)12-4-2-3-5-13(12)23-15/h2-5,10-11,19H,6-9H2,1H3. The van der Waals surface area contributed by atoms with Crippen molar-refractivity contribution in [1.82, 2.24) is 14.7 Å². The summed E-state index contributed by atoms with van der Waals surface area (Å²) in [4.78, 5) is 10.9. The first-order valence-corrected chi connectivity index (χ1v) is 9.75. The molecule has 1 aliphatic heterocycles. The van der Waals surface area contributed by atoms with Crippen LogP contribution in [0.2, 0.25) is 0 Å². The molecule has 1 N–H and O–H groups in total. The summed E-state index contributed by atoms with van der Waals surface area (Å²) in [5.41, 5.74) is 2.29. The average Bonchev–Trinajstić information content (AvgIpc) is 2.93. The van der Waals surface area contributed by atoms with Crippen molar-refractivity contribution in [3.8, 4) is 0 Å². The predicted molar refractivity (Wildman–Crippen MR) is 92.5 cm³/mol. The van der Waals surface area contributed by atoms with Gasteiger partial charge in [-0.1, -0.05) is 12.1 Å². The molecule has 1 saturated heterocycles. The van der Waals surface area contributed by atoms with Crippen LogP contribution < -0.4 is 9.62 Å². The molecule has 3 aromatic rings.